The van der Waals surface area contributed by atoms with E-state index in [2.05, 4.69) is 0 Å². The van der Waals surface area contributed by atoms with E-state index in [-0.39, 0.29) is 22.9 Å². The first-order chi connectivity index (χ1) is 9.01. The predicted molar refractivity (Wildman–Crippen MR) is 70.5 cm³/mol. The van der Waals surface area contributed by atoms with Crippen molar-refractivity contribution >= 4 is 17.6 Å². The minimum absolute atomic E-state index is 0.110. The highest BCUT2D eigenvalue weighted by molar-refractivity contribution is 6.33. The van der Waals surface area contributed by atoms with Gasteiger partial charge in [-0.15, -0.1) is 0 Å². The van der Waals surface area contributed by atoms with Crippen molar-refractivity contribution in [1.29, 1.82) is 0 Å². The van der Waals surface area contributed by atoms with Crippen molar-refractivity contribution in [2.24, 2.45) is 5.73 Å². The highest BCUT2D eigenvalue weighted by Crippen LogP contribution is 2.45. The Labute approximate surface area is 116 Å². The molecular weight excluding hydrogens is 274 g/mol. The molecule has 6 nitrogen and oxygen atoms in total. The number of carboxylic acids is 1. The quantitative estimate of drug-likeness (QED) is 0.824. The first-order valence-corrected chi connectivity index (χ1v) is 5.80. The Bertz CT molecular complexity index is 478. The van der Waals surface area contributed by atoms with Crippen LogP contribution in [-0.2, 0) is 4.79 Å². The lowest BCUT2D eigenvalue weighted by Crippen LogP contribution is -2.22. The van der Waals surface area contributed by atoms with Gasteiger partial charge in [0.15, 0.2) is 11.5 Å². The van der Waals surface area contributed by atoms with Gasteiger partial charge in [-0.1, -0.05) is 11.6 Å². The van der Waals surface area contributed by atoms with E-state index >= 15 is 0 Å². The Morgan fingerprint density at radius 3 is 2.26 bits per heavy atom. The Kier molecular flexibility index (Phi) is 5.26. The summed E-state index contributed by atoms with van der Waals surface area (Å²) in [7, 11) is 4.28. The molecule has 0 spiro atoms. The molecule has 0 amide bonds. The number of ether oxygens (including phenoxy) is 3. The van der Waals surface area contributed by atoms with E-state index in [1.165, 1.54) is 27.4 Å². The van der Waals surface area contributed by atoms with Crippen molar-refractivity contribution in [2.75, 3.05) is 27.9 Å². The molecule has 0 fully saturated rings. The van der Waals surface area contributed by atoms with Gasteiger partial charge in [-0.05, 0) is 0 Å². The number of hydrogen-bond donors (Lipinski definition) is 2. The third-order valence-electron chi connectivity index (χ3n) is 2.71. The van der Waals surface area contributed by atoms with Crippen molar-refractivity contribution in [3.63, 3.8) is 0 Å². The van der Waals surface area contributed by atoms with Crippen LogP contribution < -0.4 is 19.9 Å². The highest BCUT2D eigenvalue weighted by Gasteiger charge is 2.29. The summed E-state index contributed by atoms with van der Waals surface area (Å²) in [4.78, 5) is 11.2. The van der Waals surface area contributed by atoms with Gasteiger partial charge < -0.3 is 25.1 Å². The number of methoxy groups -OCH3 is 3. The van der Waals surface area contributed by atoms with E-state index in [1.54, 1.807) is 0 Å². The van der Waals surface area contributed by atoms with Gasteiger partial charge in [-0.2, -0.15) is 0 Å². The Hall–Kier alpha value is -1.66. The SMILES string of the molecule is COc1cc(OC)c(C(CN)C(=O)O)c(Cl)c1OC. The minimum atomic E-state index is -1.09. The molecule has 1 aromatic carbocycles. The van der Waals surface area contributed by atoms with E-state index in [0.29, 0.717) is 11.5 Å². The van der Waals surface area contributed by atoms with Crippen molar-refractivity contribution < 1.29 is 24.1 Å². The van der Waals surface area contributed by atoms with Gasteiger partial charge in [-0.25, -0.2) is 0 Å². The second-order valence-corrected chi connectivity index (χ2v) is 4.05. The van der Waals surface area contributed by atoms with Crippen LogP contribution in [0.15, 0.2) is 6.07 Å². The third kappa shape index (κ3) is 2.85. The molecule has 7 heteroatoms. The topological polar surface area (TPSA) is 91.0 Å². The lowest BCUT2D eigenvalue weighted by molar-refractivity contribution is -0.138. The number of benzene rings is 1. The summed E-state index contributed by atoms with van der Waals surface area (Å²) in [5.74, 6) is -1.17. The molecule has 106 valence electrons. The van der Waals surface area contributed by atoms with E-state index < -0.39 is 11.9 Å². The Balaban J connectivity index is 3.56. The molecule has 1 atom stereocenters. The van der Waals surface area contributed by atoms with Crippen LogP contribution in [0.5, 0.6) is 17.2 Å². The lowest BCUT2D eigenvalue weighted by Gasteiger charge is -2.20. The minimum Gasteiger partial charge on any atom is -0.496 e. The number of carbonyl (C=O) groups is 1. The zero-order valence-corrected chi connectivity index (χ0v) is 11.7. The molecule has 0 saturated carbocycles. The highest BCUT2D eigenvalue weighted by atomic mass is 35.5. The molecule has 0 aliphatic carbocycles. The Morgan fingerprint density at radius 1 is 1.32 bits per heavy atom. The molecule has 3 N–H and O–H groups in total. The summed E-state index contributed by atoms with van der Waals surface area (Å²) in [5.41, 5.74) is 5.77. The monoisotopic (exact) mass is 289 g/mol. The number of nitrogens with two attached hydrogens (primary N) is 1. The average molecular weight is 290 g/mol. The van der Waals surface area contributed by atoms with Gasteiger partial charge in [0.1, 0.15) is 5.75 Å². The fourth-order valence-corrected chi connectivity index (χ4v) is 2.17. The van der Waals surface area contributed by atoms with Gasteiger partial charge >= 0.3 is 5.97 Å². The molecule has 1 aromatic rings. The van der Waals surface area contributed by atoms with Crippen LogP contribution in [0.1, 0.15) is 11.5 Å². The average Bonchev–Trinajstić information content (AvgIpc) is 2.40. The number of carboxylic acid groups (broad SMARTS) is 1. The molecule has 19 heavy (non-hydrogen) atoms. The molecule has 0 aliphatic rings. The fraction of sp³-hybridized carbons (Fsp3) is 0.417. The van der Waals surface area contributed by atoms with Gasteiger partial charge in [0.25, 0.3) is 0 Å². The number of aliphatic carboxylic acids is 1. The summed E-state index contributed by atoms with van der Waals surface area (Å²) >= 11 is 6.19. The maximum Gasteiger partial charge on any atom is 0.312 e. The molecule has 0 aromatic heterocycles. The van der Waals surface area contributed by atoms with Crippen LogP contribution in [0.25, 0.3) is 0 Å². The van der Waals surface area contributed by atoms with E-state index in [1.807, 2.05) is 0 Å². The van der Waals surface area contributed by atoms with Crippen molar-refractivity contribution in [3.8, 4) is 17.2 Å². The summed E-state index contributed by atoms with van der Waals surface area (Å²) in [6.45, 7) is -0.110. The van der Waals surface area contributed by atoms with E-state index in [0.717, 1.165) is 0 Å². The number of hydrogen-bond acceptors (Lipinski definition) is 5. The van der Waals surface area contributed by atoms with Crippen LogP contribution >= 0.6 is 11.6 Å². The molecule has 1 rings (SSSR count). The molecular formula is C12H16ClNO5. The standard InChI is InChI=1S/C12H16ClNO5/c1-17-7-4-8(18-2)11(19-3)10(13)9(7)6(5-14)12(15)16/h4,6H,5,14H2,1-3H3,(H,15,16). The van der Waals surface area contributed by atoms with Gasteiger partial charge in [0, 0.05) is 18.2 Å². The molecule has 0 radical (unpaired) electrons. The van der Waals surface area contributed by atoms with Crippen molar-refractivity contribution in [1.82, 2.24) is 0 Å². The van der Waals surface area contributed by atoms with Crippen LogP contribution in [0, 0.1) is 0 Å². The zero-order valence-electron chi connectivity index (χ0n) is 10.9. The van der Waals surface area contributed by atoms with Gasteiger partial charge in [0.2, 0.25) is 0 Å². The van der Waals surface area contributed by atoms with Gasteiger partial charge in [0.05, 0.1) is 32.3 Å². The molecule has 1 unspecified atom stereocenters. The smallest absolute Gasteiger partial charge is 0.312 e. The van der Waals surface area contributed by atoms with Crippen LogP contribution in [0.2, 0.25) is 5.02 Å². The van der Waals surface area contributed by atoms with E-state index in [9.17, 15) is 9.90 Å². The van der Waals surface area contributed by atoms with E-state index in [4.69, 9.17) is 31.5 Å². The number of rotatable bonds is 6. The third-order valence-corrected chi connectivity index (χ3v) is 3.09. The second kappa shape index (κ2) is 6.49. The molecule has 0 saturated heterocycles. The summed E-state index contributed by atoms with van der Waals surface area (Å²) < 4.78 is 15.4. The summed E-state index contributed by atoms with van der Waals surface area (Å²) in [5, 5.41) is 9.32. The summed E-state index contributed by atoms with van der Waals surface area (Å²) in [6.07, 6.45) is 0. The largest absolute Gasteiger partial charge is 0.496 e. The molecule has 0 aliphatic heterocycles. The normalized spacial score (nSPS) is 11.8. The number of halogens is 1. The molecule has 0 heterocycles. The fourth-order valence-electron chi connectivity index (χ4n) is 1.78. The van der Waals surface area contributed by atoms with Crippen molar-refractivity contribution in [3.05, 3.63) is 16.7 Å². The zero-order chi connectivity index (χ0) is 14.6. The lowest BCUT2D eigenvalue weighted by atomic mass is 9.97. The van der Waals surface area contributed by atoms with Gasteiger partial charge in [-0.3, -0.25) is 4.79 Å². The predicted octanol–water partition coefficient (Wildman–Crippen LogP) is 1.49. The maximum absolute atomic E-state index is 11.2. The van der Waals surface area contributed by atoms with Crippen LogP contribution in [0.4, 0.5) is 0 Å². The second-order valence-electron chi connectivity index (χ2n) is 3.67. The van der Waals surface area contributed by atoms with Crippen LogP contribution in [0.3, 0.4) is 0 Å². The summed E-state index contributed by atoms with van der Waals surface area (Å²) in [6, 6.07) is 1.52. The Morgan fingerprint density at radius 2 is 1.89 bits per heavy atom. The van der Waals surface area contributed by atoms with Crippen molar-refractivity contribution in [2.45, 2.75) is 5.92 Å². The first-order valence-electron chi connectivity index (χ1n) is 5.43. The maximum atomic E-state index is 11.2. The molecule has 0 bridgehead atoms. The van der Waals surface area contributed by atoms with Crippen LogP contribution in [-0.4, -0.2) is 38.9 Å². The first kappa shape index (κ1) is 15.4.